The summed E-state index contributed by atoms with van der Waals surface area (Å²) in [6.07, 6.45) is 0. The smallest absolute Gasteiger partial charge is 0.260 e. The summed E-state index contributed by atoms with van der Waals surface area (Å²) in [6.45, 7) is 0. The number of nitrogens with zero attached hydrogens (tertiary/aromatic N) is 2. The van der Waals surface area contributed by atoms with Crippen LogP contribution in [-0.4, -0.2) is 10.1 Å². The van der Waals surface area contributed by atoms with E-state index in [2.05, 4.69) is 26.1 Å². The van der Waals surface area contributed by atoms with Gasteiger partial charge >= 0.3 is 0 Å². The molecule has 0 saturated heterocycles. The molecule has 0 aliphatic rings. The van der Waals surface area contributed by atoms with E-state index in [0.29, 0.717) is 10.3 Å². The Morgan fingerprint density at radius 1 is 1.43 bits per heavy atom. The van der Waals surface area contributed by atoms with Gasteiger partial charge in [-0.1, -0.05) is 17.7 Å². The molecule has 1 aromatic carbocycles. The highest BCUT2D eigenvalue weighted by Gasteiger charge is 2.13. The van der Waals surface area contributed by atoms with Crippen molar-refractivity contribution < 1.29 is 8.91 Å². The molecule has 6 heteroatoms. The summed E-state index contributed by atoms with van der Waals surface area (Å²) in [5.74, 6) is -0.333. The predicted molar refractivity (Wildman–Crippen MR) is 52.4 cm³/mol. The normalized spacial score (nSPS) is 10.5. The highest BCUT2D eigenvalue weighted by atomic mass is 79.9. The molecule has 0 aliphatic heterocycles. The first-order valence-electron chi connectivity index (χ1n) is 3.62. The average Bonchev–Trinajstić information content (AvgIpc) is 2.57. The molecule has 0 fully saturated rings. The summed E-state index contributed by atoms with van der Waals surface area (Å²) in [5, 5.41) is 3.49. The number of hydrogen-bond donors (Lipinski definition) is 0. The van der Waals surface area contributed by atoms with Crippen molar-refractivity contribution in [2.45, 2.75) is 0 Å². The van der Waals surface area contributed by atoms with Gasteiger partial charge in [-0.05, 0) is 33.2 Å². The Morgan fingerprint density at radius 2 is 2.21 bits per heavy atom. The van der Waals surface area contributed by atoms with Crippen LogP contribution in [0, 0.1) is 5.82 Å². The second-order valence-corrected chi connectivity index (χ2v) is 3.56. The quantitative estimate of drug-likeness (QED) is 0.803. The lowest BCUT2D eigenvalue weighted by Crippen LogP contribution is -1.83. The second kappa shape index (κ2) is 3.67. The molecule has 0 aliphatic carbocycles. The maximum absolute atomic E-state index is 13.0. The summed E-state index contributed by atoms with van der Waals surface area (Å²) in [6, 6.07) is 4.39. The van der Waals surface area contributed by atoms with Crippen LogP contribution in [-0.2, 0) is 0 Å². The van der Waals surface area contributed by atoms with Crippen LogP contribution in [0.5, 0.6) is 0 Å². The van der Waals surface area contributed by atoms with Crippen molar-refractivity contribution in [3.8, 4) is 11.5 Å². The summed E-state index contributed by atoms with van der Waals surface area (Å²) < 4.78 is 18.2. The van der Waals surface area contributed by atoms with Crippen molar-refractivity contribution in [2.24, 2.45) is 0 Å². The first-order valence-corrected chi connectivity index (χ1v) is 4.79. The molecule has 0 amide bonds. The molecule has 0 bridgehead atoms. The fraction of sp³-hybridized carbons (Fsp3) is 0. The Labute approximate surface area is 92.0 Å². The molecule has 0 radical (unpaired) electrons. The van der Waals surface area contributed by atoms with Crippen LogP contribution in [0.1, 0.15) is 0 Å². The van der Waals surface area contributed by atoms with Crippen molar-refractivity contribution in [1.82, 2.24) is 10.1 Å². The van der Waals surface area contributed by atoms with E-state index in [1.807, 2.05) is 0 Å². The zero-order valence-electron chi connectivity index (χ0n) is 6.67. The van der Waals surface area contributed by atoms with E-state index in [4.69, 9.17) is 16.1 Å². The number of halogens is 3. The van der Waals surface area contributed by atoms with Gasteiger partial charge in [0.05, 0.1) is 10.6 Å². The Bertz CT molecular complexity index is 474. The largest absolute Gasteiger partial charge is 0.333 e. The van der Waals surface area contributed by atoms with Gasteiger partial charge in [-0.3, -0.25) is 0 Å². The van der Waals surface area contributed by atoms with Crippen LogP contribution >= 0.6 is 27.5 Å². The fourth-order valence-electron chi connectivity index (χ4n) is 0.984. The van der Waals surface area contributed by atoms with Crippen LogP contribution < -0.4 is 0 Å². The molecular weight excluding hydrogens is 274 g/mol. The van der Waals surface area contributed by atoms with E-state index < -0.39 is 5.82 Å². The lowest BCUT2D eigenvalue weighted by molar-refractivity contribution is 0.426. The van der Waals surface area contributed by atoms with Gasteiger partial charge in [0, 0.05) is 0 Å². The minimum absolute atomic E-state index is 0.0244. The summed E-state index contributed by atoms with van der Waals surface area (Å²) in [4.78, 5) is 3.87. The molecular formula is C8H3BrClFN2O. The van der Waals surface area contributed by atoms with Crippen molar-refractivity contribution in [1.29, 1.82) is 0 Å². The lowest BCUT2D eigenvalue weighted by atomic mass is 10.2. The van der Waals surface area contributed by atoms with E-state index >= 15 is 0 Å². The minimum Gasteiger partial charge on any atom is -0.333 e. The van der Waals surface area contributed by atoms with Crippen LogP contribution in [0.3, 0.4) is 0 Å². The van der Waals surface area contributed by atoms with Crippen molar-refractivity contribution in [2.75, 3.05) is 0 Å². The maximum Gasteiger partial charge on any atom is 0.260 e. The molecule has 14 heavy (non-hydrogen) atoms. The van der Waals surface area contributed by atoms with Crippen molar-refractivity contribution in [3.63, 3.8) is 0 Å². The van der Waals surface area contributed by atoms with E-state index in [1.165, 1.54) is 12.1 Å². The molecule has 1 aromatic heterocycles. The summed E-state index contributed by atoms with van der Waals surface area (Å²) >= 11 is 8.74. The fourth-order valence-corrected chi connectivity index (χ4v) is 1.42. The van der Waals surface area contributed by atoms with Crippen LogP contribution in [0.2, 0.25) is 5.02 Å². The minimum atomic E-state index is -0.515. The zero-order valence-corrected chi connectivity index (χ0v) is 9.01. The lowest BCUT2D eigenvalue weighted by Gasteiger charge is -1.98. The Morgan fingerprint density at radius 3 is 2.86 bits per heavy atom. The van der Waals surface area contributed by atoms with E-state index in [0.717, 1.165) is 0 Å². The molecule has 72 valence electrons. The van der Waals surface area contributed by atoms with Crippen LogP contribution in [0.15, 0.2) is 27.5 Å². The molecule has 0 spiro atoms. The van der Waals surface area contributed by atoms with Gasteiger partial charge in [-0.25, -0.2) is 4.39 Å². The van der Waals surface area contributed by atoms with Gasteiger partial charge in [0.15, 0.2) is 0 Å². The number of hydrogen-bond acceptors (Lipinski definition) is 3. The third kappa shape index (κ3) is 1.65. The number of rotatable bonds is 1. The monoisotopic (exact) mass is 276 g/mol. The third-order valence-electron chi connectivity index (χ3n) is 1.58. The van der Waals surface area contributed by atoms with Crippen LogP contribution in [0.25, 0.3) is 11.5 Å². The maximum atomic E-state index is 13.0. The SMILES string of the molecule is Fc1cccc(-c2nc(Br)no2)c1Cl. The molecule has 0 atom stereocenters. The summed E-state index contributed by atoms with van der Waals surface area (Å²) in [7, 11) is 0. The predicted octanol–water partition coefficient (Wildman–Crippen LogP) is 3.29. The van der Waals surface area contributed by atoms with Gasteiger partial charge in [-0.15, -0.1) is 0 Å². The van der Waals surface area contributed by atoms with Gasteiger partial charge in [0.1, 0.15) is 5.82 Å². The average molecular weight is 277 g/mol. The molecule has 0 saturated carbocycles. The Hall–Kier alpha value is -0.940. The Balaban J connectivity index is 2.57. The summed E-state index contributed by atoms with van der Waals surface area (Å²) in [5.41, 5.74) is 0.380. The van der Waals surface area contributed by atoms with E-state index in [9.17, 15) is 4.39 Å². The van der Waals surface area contributed by atoms with Gasteiger partial charge in [0.25, 0.3) is 5.89 Å². The first-order chi connectivity index (χ1) is 6.68. The molecule has 1 heterocycles. The number of benzene rings is 1. The standard InChI is InChI=1S/C8H3BrClFN2O/c9-8-12-7(14-13-8)4-2-1-3-5(11)6(4)10/h1-3H. The topological polar surface area (TPSA) is 38.9 Å². The molecule has 3 nitrogen and oxygen atoms in total. The third-order valence-corrected chi connectivity index (χ3v) is 2.29. The molecule has 2 aromatic rings. The van der Waals surface area contributed by atoms with Crippen LogP contribution in [0.4, 0.5) is 4.39 Å². The number of aromatic nitrogens is 2. The van der Waals surface area contributed by atoms with Crippen molar-refractivity contribution >= 4 is 27.5 Å². The molecule has 2 rings (SSSR count). The van der Waals surface area contributed by atoms with Gasteiger partial charge in [-0.2, -0.15) is 4.98 Å². The highest BCUT2D eigenvalue weighted by Crippen LogP contribution is 2.28. The van der Waals surface area contributed by atoms with Gasteiger partial charge < -0.3 is 4.52 Å². The van der Waals surface area contributed by atoms with E-state index in [1.54, 1.807) is 6.07 Å². The second-order valence-electron chi connectivity index (χ2n) is 2.47. The highest BCUT2D eigenvalue weighted by molar-refractivity contribution is 9.10. The Kier molecular flexibility index (Phi) is 2.52. The zero-order chi connectivity index (χ0) is 10.1. The van der Waals surface area contributed by atoms with Crippen molar-refractivity contribution in [3.05, 3.63) is 33.8 Å². The molecule has 0 N–H and O–H groups in total. The molecule has 0 unspecified atom stereocenters. The first kappa shape index (κ1) is 9.61. The van der Waals surface area contributed by atoms with Gasteiger partial charge in [0.2, 0.25) is 4.73 Å². The van der Waals surface area contributed by atoms with E-state index in [-0.39, 0.29) is 10.9 Å².